The highest BCUT2D eigenvalue weighted by atomic mass is 16.5. The molecule has 7 heteroatoms. The summed E-state index contributed by atoms with van der Waals surface area (Å²) in [4.78, 5) is 11.1. The third-order valence-corrected chi connectivity index (χ3v) is 4.04. The van der Waals surface area contributed by atoms with E-state index in [4.69, 9.17) is 9.26 Å². The van der Waals surface area contributed by atoms with E-state index in [0.29, 0.717) is 18.3 Å². The van der Waals surface area contributed by atoms with Gasteiger partial charge in [0.05, 0.1) is 30.0 Å². The summed E-state index contributed by atoms with van der Waals surface area (Å²) in [6.45, 7) is 4.26. The number of likely N-dealkylation sites (N-methyl/N-ethyl adjacent to an activating group) is 1. The van der Waals surface area contributed by atoms with E-state index >= 15 is 0 Å². The van der Waals surface area contributed by atoms with Gasteiger partial charge in [-0.3, -0.25) is 0 Å². The van der Waals surface area contributed by atoms with Crippen LogP contribution in [0.4, 0.5) is 0 Å². The van der Waals surface area contributed by atoms with Crippen LogP contribution in [0.1, 0.15) is 24.7 Å². The molecule has 23 heavy (non-hydrogen) atoms. The van der Waals surface area contributed by atoms with E-state index in [0.717, 1.165) is 24.1 Å². The number of imidazole rings is 1. The van der Waals surface area contributed by atoms with Gasteiger partial charge >= 0.3 is 0 Å². The van der Waals surface area contributed by atoms with Crippen LogP contribution in [0.5, 0.6) is 0 Å². The molecule has 1 fully saturated rings. The zero-order chi connectivity index (χ0) is 15.8. The first kappa shape index (κ1) is 14.3. The molecule has 1 saturated heterocycles. The zero-order valence-electron chi connectivity index (χ0n) is 13.2. The Morgan fingerprint density at radius 3 is 3.00 bits per heavy atom. The highest BCUT2D eigenvalue weighted by Gasteiger charge is 2.28. The van der Waals surface area contributed by atoms with Crippen molar-refractivity contribution >= 4 is 11.0 Å². The van der Waals surface area contributed by atoms with Gasteiger partial charge in [-0.15, -0.1) is 0 Å². The summed E-state index contributed by atoms with van der Waals surface area (Å²) in [5, 5.41) is 4.09. The number of fused-ring (bicyclic) bond motifs is 1. The predicted molar refractivity (Wildman–Crippen MR) is 83.9 cm³/mol. The number of benzene rings is 1. The molecule has 3 heterocycles. The van der Waals surface area contributed by atoms with E-state index in [9.17, 15) is 0 Å². The average Bonchev–Trinajstić information content (AvgIpc) is 3.15. The van der Waals surface area contributed by atoms with Gasteiger partial charge in [0.2, 0.25) is 0 Å². The fraction of sp³-hybridized carbons (Fsp3) is 0.438. The number of hydrogen-bond acceptors (Lipinski definition) is 6. The van der Waals surface area contributed by atoms with E-state index < -0.39 is 0 Å². The van der Waals surface area contributed by atoms with Gasteiger partial charge in [-0.2, -0.15) is 4.98 Å². The lowest BCUT2D eigenvalue weighted by Gasteiger charge is -2.32. The number of ether oxygens (including phenoxy) is 1. The van der Waals surface area contributed by atoms with Crippen molar-refractivity contribution in [1.82, 2.24) is 24.6 Å². The third kappa shape index (κ3) is 2.85. The Kier molecular flexibility index (Phi) is 3.59. The molecule has 120 valence electrons. The normalized spacial score (nSPS) is 22.7. The lowest BCUT2D eigenvalue weighted by Crippen LogP contribution is -2.40. The minimum atomic E-state index is -0.162. The van der Waals surface area contributed by atoms with Crippen LogP contribution in [0.2, 0.25) is 0 Å². The Bertz CT molecular complexity index is 802. The van der Waals surface area contributed by atoms with Crippen LogP contribution in [-0.4, -0.2) is 50.8 Å². The molecule has 0 amide bonds. The van der Waals surface area contributed by atoms with Gasteiger partial charge in [0.1, 0.15) is 6.10 Å². The van der Waals surface area contributed by atoms with Crippen LogP contribution < -0.4 is 0 Å². The van der Waals surface area contributed by atoms with Gasteiger partial charge in [0, 0.05) is 13.1 Å². The number of morpholine rings is 1. The molecule has 0 unspecified atom stereocenters. The van der Waals surface area contributed by atoms with Gasteiger partial charge in [0.25, 0.3) is 5.89 Å². The Hall–Kier alpha value is -2.25. The fourth-order valence-corrected chi connectivity index (χ4v) is 3.05. The molecule has 0 radical (unpaired) electrons. The Morgan fingerprint density at radius 2 is 2.13 bits per heavy atom. The molecular weight excluding hydrogens is 294 g/mol. The highest BCUT2D eigenvalue weighted by molar-refractivity contribution is 5.74. The van der Waals surface area contributed by atoms with Crippen molar-refractivity contribution in [3.8, 4) is 0 Å². The Morgan fingerprint density at radius 1 is 1.26 bits per heavy atom. The SMILES string of the molecule is C[C@@H]1CN(C)C[C@H](c2nc(Cn3cnc4ccccc43)no2)O1. The molecule has 0 bridgehead atoms. The number of hydrogen-bond donors (Lipinski definition) is 0. The second-order valence-corrected chi connectivity index (χ2v) is 6.07. The van der Waals surface area contributed by atoms with Crippen LogP contribution in [0, 0.1) is 0 Å². The summed E-state index contributed by atoms with van der Waals surface area (Å²) in [5.41, 5.74) is 2.02. The van der Waals surface area contributed by atoms with Crippen LogP contribution in [0.15, 0.2) is 35.1 Å². The largest absolute Gasteiger partial charge is 0.363 e. The van der Waals surface area contributed by atoms with Crippen LogP contribution in [0.25, 0.3) is 11.0 Å². The second kappa shape index (κ2) is 5.75. The van der Waals surface area contributed by atoms with E-state index in [1.54, 1.807) is 6.33 Å². The number of rotatable bonds is 3. The van der Waals surface area contributed by atoms with Crippen LogP contribution in [-0.2, 0) is 11.3 Å². The summed E-state index contributed by atoms with van der Waals surface area (Å²) < 4.78 is 13.3. The molecular formula is C16H19N5O2. The quantitative estimate of drug-likeness (QED) is 0.735. The first-order valence-electron chi connectivity index (χ1n) is 7.75. The van der Waals surface area contributed by atoms with E-state index in [2.05, 4.69) is 34.0 Å². The first-order chi connectivity index (χ1) is 11.2. The van der Waals surface area contributed by atoms with Crippen molar-refractivity contribution in [2.75, 3.05) is 20.1 Å². The van der Waals surface area contributed by atoms with E-state index in [1.807, 2.05) is 28.8 Å². The molecule has 0 N–H and O–H groups in total. The summed E-state index contributed by atoms with van der Waals surface area (Å²) in [7, 11) is 2.07. The number of nitrogens with zero attached hydrogens (tertiary/aromatic N) is 5. The van der Waals surface area contributed by atoms with Gasteiger partial charge < -0.3 is 18.7 Å². The Balaban J connectivity index is 1.54. The Labute approximate surface area is 133 Å². The summed E-state index contributed by atoms with van der Waals surface area (Å²) in [6, 6.07) is 7.99. The molecule has 0 spiro atoms. The molecule has 1 aliphatic heterocycles. The second-order valence-electron chi connectivity index (χ2n) is 6.07. The summed E-state index contributed by atoms with van der Waals surface area (Å²) >= 11 is 0. The maximum Gasteiger partial charge on any atom is 0.257 e. The molecule has 2 aromatic heterocycles. The first-order valence-corrected chi connectivity index (χ1v) is 7.75. The minimum absolute atomic E-state index is 0.159. The maximum absolute atomic E-state index is 5.90. The standard InChI is InChI=1S/C16H19N5O2/c1-11-7-20(2)8-14(22-11)16-18-15(19-23-16)9-21-10-17-12-5-3-4-6-13(12)21/h3-6,10-11,14H,7-9H2,1-2H3/t11-,14-/m1/s1. The summed E-state index contributed by atoms with van der Waals surface area (Å²) in [5.74, 6) is 1.18. The van der Waals surface area contributed by atoms with Gasteiger partial charge in [-0.05, 0) is 26.1 Å². The highest BCUT2D eigenvalue weighted by Crippen LogP contribution is 2.23. The van der Waals surface area contributed by atoms with Gasteiger partial charge in [-0.25, -0.2) is 4.98 Å². The average molecular weight is 313 g/mol. The topological polar surface area (TPSA) is 69.2 Å². The molecule has 1 aliphatic rings. The fourth-order valence-electron chi connectivity index (χ4n) is 3.05. The lowest BCUT2D eigenvalue weighted by atomic mass is 10.2. The van der Waals surface area contributed by atoms with Crippen molar-refractivity contribution in [1.29, 1.82) is 0 Å². The zero-order valence-corrected chi connectivity index (χ0v) is 13.2. The molecule has 1 aromatic carbocycles. The van der Waals surface area contributed by atoms with Crippen molar-refractivity contribution in [2.45, 2.75) is 25.7 Å². The predicted octanol–water partition coefficient (Wildman–Crippen LogP) is 1.86. The van der Waals surface area contributed by atoms with Crippen molar-refractivity contribution in [2.24, 2.45) is 0 Å². The van der Waals surface area contributed by atoms with Crippen molar-refractivity contribution in [3.05, 3.63) is 42.3 Å². The lowest BCUT2D eigenvalue weighted by molar-refractivity contribution is -0.0838. The van der Waals surface area contributed by atoms with E-state index in [1.165, 1.54) is 0 Å². The van der Waals surface area contributed by atoms with Crippen molar-refractivity contribution in [3.63, 3.8) is 0 Å². The maximum atomic E-state index is 5.90. The monoisotopic (exact) mass is 313 g/mol. The van der Waals surface area contributed by atoms with Gasteiger partial charge in [0.15, 0.2) is 5.82 Å². The number of para-hydroxylation sites is 2. The van der Waals surface area contributed by atoms with Crippen LogP contribution >= 0.6 is 0 Å². The smallest absolute Gasteiger partial charge is 0.257 e. The van der Waals surface area contributed by atoms with E-state index in [-0.39, 0.29) is 12.2 Å². The molecule has 0 aliphatic carbocycles. The molecule has 3 aromatic rings. The molecule has 7 nitrogen and oxygen atoms in total. The van der Waals surface area contributed by atoms with Crippen molar-refractivity contribution < 1.29 is 9.26 Å². The van der Waals surface area contributed by atoms with Gasteiger partial charge in [-0.1, -0.05) is 17.3 Å². The van der Waals surface area contributed by atoms with Crippen LogP contribution in [0.3, 0.4) is 0 Å². The number of aromatic nitrogens is 4. The molecule has 2 atom stereocenters. The molecule has 4 rings (SSSR count). The third-order valence-electron chi connectivity index (χ3n) is 4.04. The molecule has 0 saturated carbocycles. The minimum Gasteiger partial charge on any atom is -0.363 e. The summed E-state index contributed by atoms with van der Waals surface area (Å²) in [6.07, 6.45) is 1.80.